The van der Waals surface area contributed by atoms with Gasteiger partial charge in [0.25, 0.3) is 11.8 Å². The van der Waals surface area contributed by atoms with E-state index >= 15 is 0 Å². The van der Waals surface area contributed by atoms with Gasteiger partial charge in [-0.05, 0) is 50.0 Å². The summed E-state index contributed by atoms with van der Waals surface area (Å²) in [5.41, 5.74) is 2.17. The highest BCUT2D eigenvalue weighted by Crippen LogP contribution is 2.59. The average molecular weight is 425 g/mol. The molecule has 2 fully saturated rings. The SMILES string of the molecule is C=Cc1cc(C(=O)NCC2CC23CCN(C(=O)c2c(CC)noc2C)CC3)oc1C=N. The van der Waals surface area contributed by atoms with Gasteiger partial charge >= 0.3 is 0 Å². The van der Waals surface area contributed by atoms with E-state index in [1.54, 1.807) is 19.1 Å². The van der Waals surface area contributed by atoms with Crippen LogP contribution in [-0.2, 0) is 6.42 Å². The Hall–Kier alpha value is -3.16. The number of rotatable bonds is 7. The first kappa shape index (κ1) is 21.1. The molecule has 2 N–H and O–H groups in total. The normalized spacial score (nSPS) is 19.3. The number of hydrogen-bond acceptors (Lipinski definition) is 6. The summed E-state index contributed by atoms with van der Waals surface area (Å²) in [6.45, 7) is 9.43. The summed E-state index contributed by atoms with van der Waals surface area (Å²) in [4.78, 5) is 27.3. The molecule has 2 amide bonds. The molecule has 3 heterocycles. The van der Waals surface area contributed by atoms with Gasteiger partial charge in [0.1, 0.15) is 11.3 Å². The van der Waals surface area contributed by atoms with Crippen LogP contribution in [0.25, 0.3) is 6.08 Å². The van der Waals surface area contributed by atoms with E-state index in [0.29, 0.717) is 54.6 Å². The van der Waals surface area contributed by atoms with Gasteiger partial charge in [0.05, 0.1) is 11.9 Å². The maximum atomic E-state index is 13.0. The molecule has 0 radical (unpaired) electrons. The molecule has 1 aliphatic carbocycles. The number of nitrogens with one attached hydrogen (secondary N) is 2. The minimum atomic E-state index is -0.277. The number of furan rings is 1. The highest BCUT2D eigenvalue weighted by atomic mass is 16.5. The van der Waals surface area contributed by atoms with E-state index in [2.05, 4.69) is 17.1 Å². The van der Waals surface area contributed by atoms with Crippen LogP contribution in [0.4, 0.5) is 0 Å². The Bertz CT molecular complexity index is 1000. The minimum Gasteiger partial charge on any atom is -0.449 e. The quantitative estimate of drug-likeness (QED) is 0.661. The van der Waals surface area contributed by atoms with Crippen molar-refractivity contribution in [2.45, 2.75) is 39.5 Å². The van der Waals surface area contributed by atoms with Crippen LogP contribution in [0.3, 0.4) is 0 Å². The molecule has 8 heteroatoms. The lowest BCUT2D eigenvalue weighted by Crippen LogP contribution is -2.40. The molecular weight excluding hydrogens is 396 g/mol. The molecular formula is C23H28N4O4. The molecule has 2 aliphatic rings. The third-order valence-corrected chi connectivity index (χ3v) is 6.76. The predicted molar refractivity (Wildman–Crippen MR) is 115 cm³/mol. The van der Waals surface area contributed by atoms with E-state index in [-0.39, 0.29) is 23.0 Å². The molecule has 0 bridgehead atoms. The second-order valence-electron chi connectivity index (χ2n) is 8.46. The lowest BCUT2D eigenvalue weighted by molar-refractivity contribution is 0.0666. The maximum Gasteiger partial charge on any atom is 0.287 e. The Morgan fingerprint density at radius 3 is 2.77 bits per heavy atom. The van der Waals surface area contributed by atoms with Gasteiger partial charge in [-0.2, -0.15) is 0 Å². The zero-order valence-electron chi connectivity index (χ0n) is 18.0. The molecule has 1 unspecified atom stereocenters. The van der Waals surface area contributed by atoms with Crippen LogP contribution in [0, 0.1) is 23.7 Å². The van der Waals surface area contributed by atoms with Crippen LogP contribution in [0.15, 0.2) is 21.6 Å². The van der Waals surface area contributed by atoms with E-state index in [1.807, 2.05) is 11.8 Å². The number of hydrogen-bond donors (Lipinski definition) is 2. The van der Waals surface area contributed by atoms with Crippen LogP contribution in [0.1, 0.15) is 69.9 Å². The molecule has 8 nitrogen and oxygen atoms in total. The monoisotopic (exact) mass is 424 g/mol. The number of aromatic nitrogens is 1. The van der Waals surface area contributed by atoms with Crippen molar-refractivity contribution < 1.29 is 18.5 Å². The maximum absolute atomic E-state index is 13.0. The van der Waals surface area contributed by atoms with Gasteiger partial charge in [-0.25, -0.2) is 0 Å². The van der Waals surface area contributed by atoms with E-state index < -0.39 is 0 Å². The standard InChI is InChI=1S/C23H28N4O4/c1-4-15-10-18(30-19(15)12-24)21(28)25-13-16-11-23(16)6-8-27(9-7-23)22(29)20-14(3)31-26-17(20)5-2/h4,10,12,16,24H,1,5-9,11,13H2,2-3H3,(H,25,28). The first-order valence-electron chi connectivity index (χ1n) is 10.7. The second kappa shape index (κ2) is 8.17. The molecule has 1 saturated heterocycles. The van der Waals surface area contributed by atoms with Crippen molar-refractivity contribution in [2.24, 2.45) is 11.3 Å². The fraction of sp³-hybridized carbons (Fsp3) is 0.478. The third kappa shape index (κ3) is 3.82. The first-order chi connectivity index (χ1) is 14.9. The molecule has 31 heavy (non-hydrogen) atoms. The number of aryl methyl sites for hydroxylation is 2. The number of carbonyl (C=O) groups excluding carboxylic acids is 2. The number of nitrogens with zero attached hydrogens (tertiary/aromatic N) is 2. The lowest BCUT2D eigenvalue weighted by atomic mass is 9.90. The summed E-state index contributed by atoms with van der Waals surface area (Å²) in [6, 6.07) is 1.60. The van der Waals surface area contributed by atoms with Crippen LogP contribution in [-0.4, -0.2) is 47.7 Å². The van der Waals surface area contributed by atoms with E-state index in [9.17, 15) is 9.59 Å². The van der Waals surface area contributed by atoms with Gasteiger partial charge in [0.2, 0.25) is 0 Å². The van der Waals surface area contributed by atoms with Gasteiger partial charge in [0, 0.05) is 25.2 Å². The number of carbonyl (C=O) groups is 2. The lowest BCUT2D eigenvalue weighted by Gasteiger charge is -2.33. The summed E-state index contributed by atoms with van der Waals surface area (Å²) in [6.07, 6.45) is 6.24. The summed E-state index contributed by atoms with van der Waals surface area (Å²) >= 11 is 0. The highest BCUT2D eigenvalue weighted by molar-refractivity contribution is 5.96. The zero-order chi connectivity index (χ0) is 22.2. The van der Waals surface area contributed by atoms with Crippen molar-refractivity contribution in [3.8, 4) is 0 Å². The minimum absolute atomic E-state index is 0.00815. The molecule has 2 aromatic rings. The van der Waals surface area contributed by atoms with Crippen molar-refractivity contribution in [3.05, 3.63) is 46.7 Å². The van der Waals surface area contributed by atoms with Crippen molar-refractivity contribution in [2.75, 3.05) is 19.6 Å². The van der Waals surface area contributed by atoms with Crippen molar-refractivity contribution in [3.63, 3.8) is 0 Å². The molecule has 4 rings (SSSR count). The third-order valence-electron chi connectivity index (χ3n) is 6.76. The Morgan fingerprint density at radius 2 is 2.16 bits per heavy atom. The zero-order valence-corrected chi connectivity index (χ0v) is 18.0. The van der Waals surface area contributed by atoms with Crippen molar-refractivity contribution in [1.29, 1.82) is 5.41 Å². The van der Waals surface area contributed by atoms with Gasteiger partial charge in [0.15, 0.2) is 11.5 Å². The summed E-state index contributed by atoms with van der Waals surface area (Å²) < 4.78 is 10.6. The summed E-state index contributed by atoms with van der Waals surface area (Å²) in [7, 11) is 0. The molecule has 0 aromatic carbocycles. The molecule has 1 aliphatic heterocycles. The van der Waals surface area contributed by atoms with E-state index in [1.165, 1.54) is 0 Å². The highest BCUT2D eigenvalue weighted by Gasteiger charge is 2.55. The van der Waals surface area contributed by atoms with E-state index in [4.69, 9.17) is 14.3 Å². The van der Waals surface area contributed by atoms with Gasteiger partial charge < -0.3 is 24.6 Å². The Labute approximate surface area is 181 Å². The van der Waals surface area contributed by atoms with Crippen LogP contribution in [0.5, 0.6) is 0 Å². The van der Waals surface area contributed by atoms with Gasteiger partial charge in [-0.1, -0.05) is 24.7 Å². The fourth-order valence-corrected chi connectivity index (χ4v) is 4.69. The number of likely N-dealkylation sites (tertiary alicyclic amines) is 1. The van der Waals surface area contributed by atoms with Gasteiger partial charge in [-0.15, -0.1) is 0 Å². The average Bonchev–Trinajstić information content (AvgIpc) is 3.12. The van der Waals surface area contributed by atoms with E-state index in [0.717, 1.165) is 31.2 Å². The second-order valence-corrected chi connectivity index (χ2v) is 8.46. The van der Waals surface area contributed by atoms with Gasteiger partial charge in [-0.3, -0.25) is 9.59 Å². The van der Waals surface area contributed by atoms with Crippen molar-refractivity contribution in [1.82, 2.24) is 15.4 Å². The Morgan fingerprint density at radius 1 is 1.42 bits per heavy atom. The molecule has 1 saturated carbocycles. The molecule has 1 atom stereocenters. The molecule has 1 spiro atoms. The predicted octanol–water partition coefficient (Wildman–Crippen LogP) is 3.45. The van der Waals surface area contributed by atoms with Crippen LogP contribution >= 0.6 is 0 Å². The van der Waals surface area contributed by atoms with Crippen LogP contribution < -0.4 is 5.32 Å². The Kier molecular flexibility index (Phi) is 5.56. The largest absolute Gasteiger partial charge is 0.449 e. The Balaban J connectivity index is 1.30. The summed E-state index contributed by atoms with van der Waals surface area (Å²) in [5.74, 6) is 1.24. The molecule has 164 valence electrons. The smallest absolute Gasteiger partial charge is 0.287 e. The summed E-state index contributed by atoms with van der Waals surface area (Å²) in [5, 5.41) is 14.3. The fourth-order valence-electron chi connectivity index (χ4n) is 4.69. The molecule has 2 aromatic heterocycles. The van der Waals surface area contributed by atoms with Crippen LogP contribution in [0.2, 0.25) is 0 Å². The van der Waals surface area contributed by atoms with Crippen molar-refractivity contribution >= 4 is 24.1 Å². The topological polar surface area (TPSA) is 112 Å². The number of piperidine rings is 1. The first-order valence-corrected chi connectivity index (χ1v) is 10.7. The number of amides is 2.